The van der Waals surface area contributed by atoms with Crippen molar-refractivity contribution in [3.63, 3.8) is 0 Å². The van der Waals surface area contributed by atoms with Crippen LogP contribution in [0.25, 0.3) is 17.0 Å². The first kappa shape index (κ1) is 25.7. The third-order valence-corrected chi connectivity index (χ3v) is 7.58. The first-order valence-corrected chi connectivity index (χ1v) is 13.4. The van der Waals surface area contributed by atoms with Crippen LogP contribution in [-0.4, -0.2) is 45.6 Å². The van der Waals surface area contributed by atoms with Crippen molar-refractivity contribution in [2.24, 2.45) is 0 Å². The number of hydrogen-bond acceptors (Lipinski definition) is 7. The number of para-hydroxylation sites is 1. The number of fused-ring (bicyclic) bond motifs is 2. The molecule has 0 saturated carbocycles. The maximum absolute atomic E-state index is 13.1. The second-order valence-electron chi connectivity index (χ2n) is 9.04. The van der Waals surface area contributed by atoms with Gasteiger partial charge in [-0.05, 0) is 60.3 Å². The van der Waals surface area contributed by atoms with Gasteiger partial charge in [0.05, 0.1) is 11.4 Å². The number of anilines is 1. The van der Waals surface area contributed by atoms with E-state index in [4.69, 9.17) is 21.1 Å². The minimum atomic E-state index is -0.547. The van der Waals surface area contributed by atoms with E-state index in [1.807, 2.05) is 24.3 Å². The lowest BCUT2D eigenvalue weighted by atomic mass is 10.1. The molecular formula is C29H20ClN3O6S. The molecule has 0 unspecified atom stereocenters. The molecule has 0 aliphatic carbocycles. The Hall–Kier alpha value is -4.54. The van der Waals surface area contributed by atoms with Crippen molar-refractivity contribution in [2.45, 2.75) is 6.54 Å². The van der Waals surface area contributed by atoms with Gasteiger partial charge in [0.2, 0.25) is 12.7 Å². The third kappa shape index (κ3) is 5.06. The lowest BCUT2D eigenvalue weighted by molar-refractivity contribution is -0.122. The average molecular weight is 574 g/mol. The second-order valence-corrected chi connectivity index (χ2v) is 10.5. The minimum absolute atomic E-state index is 0.0138. The fourth-order valence-corrected chi connectivity index (χ4v) is 5.45. The zero-order valence-electron chi connectivity index (χ0n) is 20.8. The smallest absolute Gasteiger partial charge is 0.293 e. The van der Waals surface area contributed by atoms with Gasteiger partial charge in [0.1, 0.15) is 6.54 Å². The largest absolute Gasteiger partial charge is 0.454 e. The average Bonchev–Trinajstić information content (AvgIpc) is 3.62. The Labute approximate surface area is 237 Å². The molecule has 0 spiro atoms. The molecule has 3 heterocycles. The summed E-state index contributed by atoms with van der Waals surface area (Å²) in [5.74, 6) is 0.0142. The lowest BCUT2D eigenvalue weighted by Gasteiger charge is -2.11. The van der Waals surface area contributed by atoms with E-state index in [-0.39, 0.29) is 36.5 Å². The van der Waals surface area contributed by atoms with Gasteiger partial charge in [-0.2, -0.15) is 0 Å². The van der Waals surface area contributed by atoms with Gasteiger partial charge < -0.3 is 19.4 Å². The van der Waals surface area contributed by atoms with Crippen molar-refractivity contribution in [3.8, 4) is 11.5 Å². The first-order chi connectivity index (χ1) is 19.4. The van der Waals surface area contributed by atoms with Crippen LogP contribution in [0.4, 0.5) is 10.5 Å². The number of nitrogens with one attached hydrogen (secondary N) is 1. The van der Waals surface area contributed by atoms with Crippen LogP contribution in [0.15, 0.2) is 77.8 Å². The molecule has 3 aromatic carbocycles. The van der Waals surface area contributed by atoms with Crippen LogP contribution in [0.3, 0.4) is 0 Å². The number of ketones is 1. The van der Waals surface area contributed by atoms with E-state index in [2.05, 4.69) is 5.32 Å². The number of nitrogens with zero attached hydrogens (tertiary/aromatic N) is 2. The number of aromatic nitrogens is 1. The van der Waals surface area contributed by atoms with Gasteiger partial charge in [-0.3, -0.25) is 24.1 Å². The van der Waals surface area contributed by atoms with Crippen LogP contribution in [0, 0.1) is 0 Å². The zero-order valence-corrected chi connectivity index (χ0v) is 22.3. The number of hydrogen-bond donors (Lipinski definition) is 1. The number of amides is 3. The van der Waals surface area contributed by atoms with Gasteiger partial charge in [0, 0.05) is 45.0 Å². The molecule has 1 saturated heterocycles. The van der Waals surface area contributed by atoms with Crippen LogP contribution in [0.2, 0.25) is 5.02 Å². The lowest BCUT2D eigenvalue weighted by Crippen LogP contribution is -2.33. The van der Waals surface area contributed by atoms with Crippen LogP contribution in [0.1, 0.15) is 15.9 Å². The third-order valence-electron chi connectivity index (χ3n) is 6.42. The van der Waals surface area contributed by atoms with E-state index in [1.54, 1.807) is 59.3 Å². The molecule has 2 aliphatic heterocycles. The van der Waals surface area contributed by atoms with Crippen molar-refractivity contribution >= 4 is 68.9 Å². The maximum Gasteiger partial charge on any atom is 0.293 e. The summed E-state index contributed by atoms with van der Waals surface area (Å²) >= 11 is 6.66. The van der Waals surface area contributed by atoms with Crippen molar-refractivity contribution in [1.29, 1.82) is 0 Å². The number of benzene rings is 3. The highest BCUT2D eigenvalue weighted by atomic mass is 35.5. The van der Waals surface area contributed by atoms with Crippen LogP contribution < -0.4 is 14.8 Å². The van der Waals surface area contributed by atoms with Gasteiger partial charge in [0.25, 0.3) is 11.1 Å². The topological polar surface area (TPSA) is 107 Å². The van der Waals surface area contributed by atoms with Crippen molar-refractivity contribution < 1.29 is 28.7 Å². The summed E-state index contributed by atoms with van der Waals surface area (Å²) < 4.78 is 12.5. The van der Waals surface area contributed by atoms with Gasteiger partial charge in [0.15, 0.2) is 17.3 Å². The molecule has 1 aromatic heterocycles. The van der Waals surface area contributed by atoms with Gasteiger partial charge in [-0.1, -0.05) is 29.8 Å². The van der Waals surface area contributed by atoms with Crippen molar-refractivity contribution in [2.75, 3.05) is 18.7 Å². The SMILES string of the molecule is O=C(Cn1cc(/C=C2\SC(=O)N(CC(=O)c3ccc(Cl)cc3)C2=O)c2ccccc21)Nc1ccc2c(c1)OCO2. The molecule has 4 aromatic rings. The Bertz CT molecular complexity index is 1730. The maximum atomic E-state index is 13.1. The van der Waals surface area contributed by atoms with Gasteiger partial charge in [-0.15, -0.1) is 0 Å². The molecule has 2 aliphatic rings. The van der Waals surface area contributed by atoms with E-state index >= 15 is 0 Å². The predicted molar refractivity (Wildman–Crippen MR) is 152 cm³/mol. The number of carbonyl (C=O) groups is 4. The Kier molecular flexibility index (Phi) is 6.79. The quantitative estimate of drug-likeness (QED) is 0.227. The first-order valence-electron chi connectivity index (χ1n) is 12.2. The highest BCUT2D eigenvalue weighted by Crippen LogP contribution is 2.35. The van der Waals surface area contributed by atoms with Crippen molar-refractivity contribution in [1.82, 2.24) is 9.47 Å². The van der Waals surface area contributed by atoms with Crippen LogP contribution in [-0.2, 0) is 16.1 Å². The minimum Gasteiger partial charge on any atom is -0.454 e. The Morgan fingerprint density at radius 1 is 0.975 bits per heavy atom. The summed E-state index contributed by atoms with van der Waals surface area (Å²) in [7, 11) is 0. The Balaban J connectivity index is 1.21. The van der Waals surface area contributed by atoms with E-state index in [1.165, 1.54) is 0 Å². The predicted octanol–water partition coefficient (Wildman–Crippen LogP) is 5.58. The Morgan fingerprint density at radius 2 is 1.75 bits per heavy atom. The number of halogens is 1. The summed E-state index contributed by atoms with van der Waals surface area (Å²) in [6.45, 7) is -0.214. The van der Waals surface area contributed by atoms with Gasteiger partial charge >= 0.3 is 0 Å². The van der Waals surface area contributed by atoms with E-state index in [0.717, 1.165) is 27.6 Å². The Morgan fingerprint density at radius 3 is 2.58 bits per heavy atom. The highest BCUT2D eigenvalue weighted by Gasteiger charge is 2.36. The molecule has 1 fully saturated rings. The number of rotatable bonds is 7. The number of carbonyl (C=O) groups excluding carboxylic acids is 4. The standard InChI is InChI=1S/C29H20ClN3O6S/c30-19-7-5-17(6-8-19)23(34)14-33-28(36)26(40-29(33)37)11-18-13-32(22-4-2-1-3-21(18)22)15-27(35)31-20-9-10-24-25(12-20)39-16-38-24/h1-13H,14-16H2,(H,31,35)/b26-11-. The number of imide groups is 1. The molecule has 40 heavy (non-hydrogen) atoms. The van der Waals surface area contributed by atoms with Crippen LogP contribution >= 0.6 is 23.4 Å². The van der Waals surface area contributed by atoms with Crippen molar-refractivity contribution in [3.05, 3.63) is 94.0 Å². The normalized spacial score (nSPS) is 15.3. The summed E-state index contributed by atoms with van der Waals surface area (Å²) in [5, 5.41) is 3.63. The monoisotopic (exact) mass is 573 g/mol. The van der Waals surface area contributed by atoms with E-state index < -0.39 is 11.1 Å². The molecule has 9 nitrogen and oxygen atoms in total. The molecular weight excluding hydrogens is 554 g/mol. The number of Topliss-reactive ketones (excluding diaryl/α,β-unsaturated/α-hetero) is 1. The zero-order chi connectivity index (χ0) is 27.8. The van der Waals surface area contributed by atoms with E-state index in [0.29, 0.717) is 33.3 Å². The van der Waals surface area contributed by atoms with Gasteiger partial charge in [-0.25, -0.2) is 0 Å². The fraction of sp³-hybridized carbons (Fsp3) is 0.103. The molecule has 0 bridgehead atoms. The summed E-state index contributed by atoms with van der Waals surface area (Å²) in [5.41, 5.74) is 2.38. The van der Waals surface area contributed by atoms with E-state index in [9.17, 15) is 19.2 Å². The van der Waals surface area contributed by atoms with Crippen LogP contribution in [0.5, 0.6) is 11.5 Å². The molecule has 3 amide bonds. The number of thioether (sulfide) groups is 1. The number of ether oxygens (including phenoxy) is 2. The molecule has 0 radical (unpaired) electrons. The molecule has 0 atom stereocenters. The molecule has 1 N–H and O–H groups in total. The summed E-state index contributed by atoms with van der Waals surface area (Å²) in [6, 6.07) is 18.9. The second kappa shape index (κ2) is 10.6. The molecule has 11 heteroatoms. The highest BCUT2D eigenvalue weighted by molar-refractivity contribution is 8.18. The summed E-state index contributed by atoms with van der Waals surface area (Å²) in [4.78, 5) is 52.4. The molecule has 200 valence electrons. The molecule has 6 rings (SSSR count). The fourth-order valence-electron chi connectivity index (χ4n) is 4.50. The summed E-state index contributed by atoms with van der Waals surface area (Å²) in [6.07, 6.45) is 3.38.